The number of nitrogens with zero attached hydrogens (tertiary/aromatic N) is 1. The molecule has 0 bridgehead atoms. The topological polar surface area (TPSA) is 137 Å². The molecule has 38 heavy (non-hydrogen) atoms. The molecule has 0 aliphatic carbocycles. The van der Waals surface area contributed by atoms with Crippen molar-refractivity contribution in [3.63, 3.8) is 0 Å². The molecule has 1 heterocycles. The predicted molar refractivity (Wildman–Crippen MR) is 141 cm³/mol. The molecule has 11 heteroatoms. The van der Waals surface area contributed by atoms with Gasteiger partial charge in [0.2, 0.25) is 11.8 Å². The highest BCUT2D eigenvalue weighted by Crippen LogP contribution is 2.27. The molecular weight excluding hydrogens is 492 g/mol. The molecule has 1 aliphatic rings. The van der Waals surface area contributed by atoms with Crippen molar-refractivity contribution >= 4 is 23.9 Å². The second-order valence-electron chi connectivity index (χ2n) is 8.56. The third kappa shape index (κ3) is 9.74. The fraction of sp³-hybridized carbons (Fsp3) is 0.407. The molecule has 1 aliphatic heterocycles. The minimum Gasteiger partial charge on any atom is -0.493 e. The molecule has 0 saturated carbocycles. The molecule has 1 atom stereocenters. The van der Waals surface area contributed by atoms with Crippen LogP contribution >= 0.6 is 0 Å². The van der Waals surface area contributed by atoms with E-state index < -0.39 is 11.8 Å². The lowest BCUT2D eigenvalue weighted by Gasteiger charge is -2.11. The van der Waals surface area contributed by atoms with Crippen LogP contribution in [0.25, 0.3) is 0 Å². The first-order valence-electron chi connectivity index (χ1n) is 12.4. The van der Waals surface area contributed by atoms with Gasteiger partial charge in [0.15, 0.2) is 18.1 Å². The summed E-state index contributed by atoms with van der Waals surface area (Å²) in [4.78, 5) is 35.9. The van der Waals surface area contributed by atoms with Gasteiger partial charge >= 0.3 is 0 Å². The van der Waals surface area contributed by atoms with E-state index in [9.17, 15) is 14.4 Å². The minimum atomic E-state index is -0.529. The molecule has 2 aromatic rings. The van der Waals surface area contributed by atoms with E-state index in [1.165, 1.54) is 6.21 Å². The van der Waals surface area contributed by atoms with Gasteiger partial charge in [0, 0.05) is 19.7 Å². The Bertz CT molecular complexity index is 1100. The lowest BCUT2D eigenvalue weighted by molar-refractivity contribution is -0.129. The highest BCUT2D eigenvalue weighted by Gasteiger charge is 2.16. The van der Waals surface area contributed by atoms with E-state index in [1.807, 2.05) is 12.1 Å². The number of rotatable bonds is 14. The van der Waals surface area contributed by atoms with Crippen LogP contribution in [-0.4, -0.2) is 70.6 Å². The smallest absolute Gasteiger partial charge is 0.258 e. The maximum absolute atomic E-state index is 12.0. The third-order valence-electron chi connectivity index (χ3n) is 5.71. The van der Waals surface area contributed by atoms with E-state index >= 15 is 0 Å². The number of hydrazone groups is 1. The van der Waals surface area contributed by atoms with Crippen LogP contribution in [0.3, 0.4) is 0 Å². The Morgan fingerprint density at radius 2 is 1.79 bits per heavy atom. The van der Waals surface area contributed by atoms with Crippen LogP contribution in [0.5, 0.6) is 17.2 Å². The van der Waals surface area contributed by atoms with Crippen LogP contribution in [-0.2, 0) is 25.5 Å². The number of benzene rings is 2. The van der Waals surface area contributed by atoms with E-state index in [0.29, 0.717) is 42.3 Å². The molecule has 0 radical (unpaired) electrons. The van der Waals surface area contributed by atoms with Crippen molar-refractivity contribution in [3.05, 3.63) is 53.6 Å². The average Bonchev–Trinajstić information content (AvgIpc) is 3.45. The first kappa shape index (κ1) is 28.5. The highest BCUT2D eigenvalue weighted by atomic mass is 16.5. The summed E-state index contributed by atoms with van der Waals surface area (Å²) in [7, 11) is 3.13. The van der Waals surface area contributed by atoms with E-state index in [0.717, 1.165) is 25.0 Å². The average molecular weight is 527 g/mol. The van der Waals surface area contributed by atoms with Gasteiger partial charge in [-0.05, 0) is 66.8 Å². The largest absolute Gasteiger partial charge is 0.493 e. The Kier molecular flexibility index (Phi) is 11.4. The summed E-state index contributed by atoms with van der Waals surface area (Å²) in [6.45, 7) is 1.52. The first-order valence-corrected chi connectivity index (χ1v) is 12.4. The number of amides is 3. The third-order valence-corrected chi connectivity index (χ3v) is 5.71. The second kappa shape index (κ2) is 15.2. The molecule has 0 aromatic heterocycles. The quantitative estimate of drug-likeness (QED) is 0.193. The van der Waals surface area contributed by atoms with Crippen molar-refractivity contribution in [1.82, 2.24) is 16.1 Å². The van der Waals surface area contributed by atoms with Gasteiger partial charge in [-0.2, -0.15) is 5.10 Å². The van der Waals surface area contributed by atoms with Crippen LogP contribution in [0.1, 0.15) is 30.4 Å². The normalized spacial score (nSPS) is 14.6. The molecule has 0 unspecified atom stereocenters. The second-order valence-corrected chi connectivity index (χ2v) is 8.56. The fourth-order valence-corrected chi connectivity index (χ4v) is 3.69. The van der Waals surface area contributed by atoms with Crippen molar-refractivity contribution in [2.45, 2.75) is 31.8 Å². The number of methoxy groups -OCH3 is 2. The Morgan fingerprint density at radius 1 is 1.00 bits per heavy atom. The summed E-state index contributed by atoms with van der Waals surface area (Å²) < 4.78 is 21.4. The van der Waals surface area contributed by atoms with Crippen LogP contribution in [0.15, 0.2) is 47.6 Å². The SMILES string of the molecule is COc1ccc(CCNC(=O)CC(=O)N/N=C/c2ccc(OCC(=O)NC[C@@H]3CCCO3)cc2)cc1OC. The van der Waals surface area contributed by atoms with Gasteiger partial charge in [-0.15, -0.1) is 0 Å². The van der Waals surface area contributed by atoms with Crippen LogP contribution < -0.4 is 30.3 Å². The highest BCUT2D eigenvalue weighted by molar-refractivity contribution is 5.97. The van der Waals surface area contributed by atoms with E-state index in [1.54, 1.807) is 44.6 Å². The van der Waals surface area contributed by atoms with E-state index in [-0.39, 0.29) is 25.0 Å². The number of nitrogens with one attached hydrogen (secondary N) is 3. The lowest BCUT2D eigenvalue weighted by Crippen LogP contribution is -2.35. The Balaban J connectivity index is 1.30. The molecule has 3 rings (SSSR count). The van der Waals surface area contributed by atoms with Gasteiger partial charge in [0.05, 0.1) is 26.5 Å². The van der Waals surface area contributed by atoms with Crippen LogP contribution in [0.4, 0.5) is 0 Å². The minimum absolute atomic E-state index is 0.0857. The molecule has 2 aromatic carbocycles. The maximum Gasteiger partial charge on any atom is 0.258 e. The summed E-state index contributed by atoms with van der Waals surface area (Å²) in [5, 5.41) is 9.39. The first-order chi connectivity index (χ1) is 18.5. The lowest BCUT2D eigenvalue weighted by atomic mass is 10.1. The van der Waals surface area contributed by atoms with E-state index in [4.69, 9.17) is 18.9 Å². The van der Waals surface area contributed by atoms with E-state index in [2.05, 4.69) is 21.2 Å². The van der Waals surface area contributed by atoms with Gasteiger partial charge in [-0.1, -0.05) is 6.07 Å². The van der Waals surface area contributed by atoms with Gasteiger partial charge in [-0.25, -0.2) is 5.43 Å². The molecule has 0 spiro atoms. The number of carbonyl (C=O) groups is 3. The monoisotopic (exact) mass is 526 g/mol. The summed E-state index contributed by atoms with van der Waals surface area (Å²) in [6, 6.07) is 12.4. The van der Waals surface area contributed by atoms with Crippen molar-refractivity contribution in [2.24, 2.45) is 5.10 Å². The summed E-state index contributed by atoms with van der Waals surface area (Å²) in [5.74, 6) is 0.635. The van der Waals surface area contributed by atoms with Crippen molar-refractivity contribution < 1.29 is 33.3 Å². The number of hydrogen-bond donors (Lipinski definition) is 3. The molecule has 1 fully saturated rings. The molecule has 11 nitrogen and oxygen atoms in total. The summed E-state index contributed by atoms with van der Waals surface area (Å²) in [6.07, 6.45) is 3.75. The molecule has 3 N–H and O–H groups in total. The molecule has 204 valence electrons. The zero-order valence-corrected chi connectivity index (χ0v) is 21.7. The molecule has 3 amide bonds. The Labute approximate surface area is 221 Å². The van der Waals surface area contributed by atoms with Crippen LogP contribution in [0.2, 0.25) is 0 Å². The van der Waals surface area contributed by atoms with Crippen molar-refractivity contribution in [2.75, 3.05) is 40.5 Å². The van der Waals surface area contributed by atoms with Gasteiger partial charge in [-0.3, -0.25) is 14.4 Å². The zero-order valence-electron chi connectivity index (χ0n) is 21.7. The molecular formula is C27H34N4O7. The van der Waals surface area contributed by atoms with Crippen molar-refractivity contribution in [1.29, 1.82) is 0 Å². The zero-order chi connectivity index (χ0) is 27.2. The van der Waals surface area contributed by atoms with Gasteiger partial charge in [0.1, 0.15) is 12.2 Å². The number of ether oxygens (including phenoxy) is 4. The van der Waals surface area contributed by atoms with Gasteiger partial charge < -0.3 is 29.6 Å². The molecule has 1 saturated heterocycles. The predicted octanol–water partition coefficient (Wildman–Crippen LogP) is 1.58. The van der Waals surface area contributed by atoms with Gasteiger partial charge in [0.25, 0.3) is 5.91 Å². The maximum atomic E-state index is 12.0. The summed E-state index contributed by atoms with van der Waals surface area (Å²) >= 11 is 0. The fourth-order valence-electron chi connectivity index (χ4n) is 3.69. The standard InChI is InChI=1S/C27H34N4O7/c1-35-23-10-7-19(14-24(23)36-2)11-12-28-25(32)15-26(33)31-30-16-20-5-8-21(9-6-20)38-18-27(34)29-17-22-4-3-13-37-22/h5-10,14,16,22H,3-4,11-13,15,17-18H2,1-2H3,(H,28,32)(H,29,34)(H,31,33)/b30-16+/t22-/m0/s1. The Hall–Kier alpha value is -4.12. The Morgan fingerprint density at radius 3 is 2.50 bits per heavy atom. The number of carbonyl (C=O) groups excluding carboxylic acids is 3. The van der Waals surface area contributed by atoms with Crippen molar-refractivity contribution in [3.8, 4) is 17.2 Å². The number of hydrogen-bond acceptors (Lipinski definition) is 8. The van der Waals surface area contributed by atoms with Crippen LogP contribution in [0, 0.1) is 0 Å². The summed E-state index contributed by atoms with van der Waals surface area (Å²) in [5.41, 5.74) is 4.01.